The molecule has 0 bridgehead atoms. The summed E-state index contributed by atoms with van der Waals surface area (Å²) in [5.74, 6) is 0.156. The van der Waals surface area contributed by atoms with Crippen molar-refractivity contribution in [1.82, 2.24) is 14.9 Å². The quantitative estimate of drug-likeness (QED) is 0.758. The van der Waals surface area contributed by atoms with Gasteiger partial charge in [-0.3, -0.25) is 14.9 Å². The second-order valence-corrected chi connectivity index (χ2v) is 7.03. The van der Waals surface area contributed by atoms with Gasteiger partial charge >= 0.3 is 0 Å². The molecule has 2 aromatic heterocycles. The van der Waals surface area contributed by atoms with Gasteiger partial charge in [-0.25, -0.2) is 4.98 Å². The summed E-state index contributed by atoms with van der Waals surface area (Å²) >= 11 is 1.40. The number of aromatic nitrogens is 2. The van der Waals surface area contributed by atoms with E-state index < -0.39 is 6.04 Å². The Bertz CT molecular complexity index is 870. The lowest BCUT2D eigenvalue weighted by Gasteiger charge is -2.34. The molecule has 1 saturated heterocycles. The number of amides is 2. The summed E-state index contributed by atoms with van der Waals surface area (Å²) < 4.78 is 0. The first-order valence-corrected chi connectivity index (χ1v) is 9.20. The highest BCUT2D eigenvalue weighted by Crippen LogP contribution is 2.23. The van der Waals surface area contributed by atoms with Crippen molar-refractivity contribution in [3.8, 4) is 0 Å². The highest BCUT2D eigenvalue weighted by molar-refractivity contribution is 7.12. The van der Waals surface area contributed by atoms with Crippen molar-refractivity contribution in [1.29, 1.82) is 0 Å². The van der Waals surface area contributed by atoms with Gasteiger partial charge in [-0.2, -0.15) is 0 Å². The molecule has 1 aliphatic rings. The van der Waals surface area contributed by atoms with Crippen molar-refractivity contribution in [2.45, 2.75) is 25.3 Å². The normalized spacial score (nSPS) is 17.6. The number of para-hydroxylation sites is 2. The van der Waals surface area contributed by atoms with E-state index in [9.17, 15) is 9.59 Å². The summed E-state index contributed by atoms with van der Waals surface area (Å²) in [6.45, 7) is 0.606. The average Bonchev–Trinajstić information content (AvgIpc) is 3.30. The van der Waals surface area contributed by atoms with Crippen LogP contribution in [0.25, 0.3) is 11.0 Å². The zero-order valence-corrected chi connectivity index (χ0v) is 14.4. The molecule has 2 amide bonds. The van der Waals surface area contributed by atoms with Gasteiger partial charge in [0.2, 0.25) is 11.9 Å². The maximum Gasteiger partial charge on any atom is 0.264 e. The maximum atomic E-state index is 12.8. The number of carbonyl (C=O) groups is 2. The summed E-state index contributed by atoms with van der Waals surface area (Å²) in [5, 5.41) is 4.71. The first-order chi connectivity index (χ1) is 12.2. The lowest BCUT2D eigenvalue weighted by Crippen LogP contribution is -2.49. The van der Waals surface area contributed by atoms with Crippen molar-refractivity contribution in [2.75, 3.05) is 11.9 Å². The summed E-state index contributed by atoms with van der Waals surface area (Å²) in [5.41, 5.74) is 1.67. The van der Waals surface area contributed by atoms with Gasteiger partial charge in [0.25, 0.3) is 5.91 Å². The Morgan fingerprint density at radius 3 is 2.88 bits per heavy atom. The molecule has 3 aromatic rings. The zero-order valence-electron chi connectivity index (χ0n) is 13.6. The minimum absolute atomic E-state index is 0.0699. The SMILES string of the molecule is O=C(Nc1nc2ccccc2[nH]1)C1CCCCN1C(=O)c1cccs1. The smallest absolute Gasteiger partial charge is 0.264 e. The van der Waals surface area contributed by atoms with E-state index in [1.165, 1.54) is 11.3 Å². The third kappa shape index (κ3) is 3.15. The van der Waals surface area contributed by atoms with Gasteiger partial charge in [-0.05, 0) is 42.8 Å². The van der Waals surface area contributed by atoms with Crippen LogP contribution in [0.15, 0.2) is 41.8 Å². The Morgan fingerprint density at radius 2 is 2.08 bits per heavy atom. The monoisotopic (exact) mass is 354 g/mol. The van der Waals surface area contributed by atoms with Crippen molar-refractivity contribution >= 4 is 40.1 Å². The lowest BCUT2D eigenvalue weighted by atomic mass is 10.0. The number of H-pyrrole nitrogens is 1. The molecule has 25 heavy (non-hydrogen) atoms. The van der Waals surface area contributed by atoms with Crippen LogP contribution in [0.1, 0.15) is 28.9 Å². The molecule has 0 radical (unpaired) electrons. The van der Waals surface area contributed by atoms with Crippen LogP contribution >= 0.6 is 11.3 Å². The Morgan fingerprint density at radius 1 is 1.20 bits per heavy atom. The molecule has 1 aliphatic heterocycles. The van der Waals surface area contributed by atoms with Crippen molar-refractivity contribution in [3.63, 3.8) is 0 Å². The molecule has 1 fully saturated rings. The van der Waals surface area contributed by atoms with E-state index in [-0.39, 0.29) is 11.8 Å². The van der Waals surface area contributed by atoms with E-state index in [4.69, 9.17) is 0 Å². The molecule has 4 rings (SSSR count). The molecular weight excluding hydrogens is 336 g/mol. The van der Waals surface area contributed by atoms with E-state index in [0.717, 1.165) is 23.9 Å². The maximum absolute atomic E-state index is 12.8. The molecule has 0 aliphatic carbocycles. The van der Waals surface area contributed by atoms with Crippen LogP contribution in [-0.4, -0.2) is 39.3 Å². The Labute approximate surface area is 148 Å². The minimum Gasteiger partial charge on any atom is -0.326 e. The number of piperidine rings is 1. The van der Waals surface area contributed by atoms with Crippen molar-refractivity contribution < 1.29 is 9.59 Å². The molecule has 2 N–H and O–H groups in total. The van der Waals surface area contributed by atoms with Crippen LogP contribution in [0.3, 0.4) is 0 Å². The third-order valence-electron chi connectivity index (χ3n) is 4.43. The van der Waals surface area contributed by atoms with E-state index in [1.807, 2.05) is 35.7 Å². The highest BCUT2D eigenvalue weighted by Gasteiger charge is 2.33. The van der Waals surface area contributed by atoms with E-state index in [2.05, 4.69) is 15.3 Å². The van der Waals surface area contributed by atoms with Crippen LogP contribution in [0.4, 0.5) is 5.95 Å². The number of nitrogens with one attached hydrogen (secondary N) is 2. The van der Waals surface area contributed by atoms with E-state index in [1.54, 1.807) is 11.0 Å². The number of nitrogens with zero attached hydrogens (tertiary/aromatic N) is 2. The van der Waals surface area contributed by atoms with Crippen LogP contribution in [0, 0.1) is 0 Å². The number of benzene rings is 1. The highest BCUT2D eigenvalue weighted by atomic mass is 32.1. The number of aromatic amines is 1. The van der Waals surface area contributed by atoms with Gasteiger partial charge < -0.3 is 9.88 Å². The Hall–Kier alpha value is -2.67. The van der Waals surface area contributed by atoms with Crippen LogP contribution in [-0.2, 0) is 4.79 Å². The molecule has 7 heteroatoms. The van der Waals surface area contributed by atoms with Gasteiger partial charge in [0.15, 0.2) is 0 Å². The number of hydrogen-bond donors (Lipinski definition) is 2. The summed E-state index contributed by atoms with van der Waals surface area (Å²) in [7, 11) is 0. The minimum atomic E-state index is -0.462. The molecule has 1 unspecified atom stereocenters. The van der Waals surface area contributed by atoms with E-state index in [0.29, 0.717) is 23.8 Å². The topological polar surface area (TPSA) is 78.1 Å². The largest absolute Gasteiger partial charge is 0.326 e. The molecule has 1 atom stereocenters. The number of likely N-dealkylation sites (tertiary alicyclic amines) is 1. The lowest BCUT2D eigenvalue weighted by molar-refractivity contribution is -0.121. The molecular formula is C18H18N4O2S. The van der Waals surface area contributed by atoms with Gasteiger partial charge in [0.05, 0.1) is 15.9 Å². The fraction of sp³-hybridized carbons (Fsp3) is 0.278. The summed E-state index contributed by atoms with van der Waals surface area (Å²) in [6.07, 6.45) is 2.53. The third-order valence-corrected chi connectivity index (χ3v) is 5.29. The van der Waals surface area contributed by atoms with Crippen molar-refractivity contribution in [3.05, 3.63) is 46.7 Å². The van der Waals surface area contributed by atoms with Gasteiger partial charge in [0, 0.05) is 6.54 Å². The summed E-state index contributed by atoms with van der Waals surface area (Å²) in [4.78, 5) is 35.3. The standard InChI is InChI=1S/C18H18N4O2S/c23-16(21-18-19-12-6-1-2-7-13(12)20-18)14-8-3-4-10-22(14)17(24)15-9-5-11-25-15/h1-2,5-7,9,11,14H,3-4,8,10H2,(H2,19,20,21,23). The molecule has 0 saturated carbocycles. The van der Waals surface area contributed by atoms with Gasteiger partial charge in [0.1, 0.15) is 6.04 Å². The predicted octanol–water partition coefficient (Wildman–Crippen LogP) is 3.26. The van der Waals surface area contributed by atoms with Crippen molar-refractivity contribution in [2.24, 2.45) is 0 Å². The van der Waals surface area contributed by atoms with Gasteiger partial charge in [-0.15, -0.1) is 11.3 Å². The second kappa shape index (κ2) is 6.68. The Balaban J connectivity index is 1.53. The number of thiophene rings is 1. The zero-order chi connectivity index (χ0) is 17.2. The number of imidazole rings is 1. The number of anilines is 1. The molecule has 3 heterocycles. The van der Waals surface area contributed by atoms with Crippen LogP contribution in [0.5, 0.6) is 0 Å². The summed E-state index contributed by atoms with van der Waals surface area (Å²) in [6, 6.07) is 10.8. The van der Waals surface area contributed by atoms with Gasteiger partial charge in [-0.1, -0.05) is 18.2 Å². The molecule has 0 spiro atoms. The van der Waals surface area contributed by atoms with Crippen LogP contribution < -0.4 is 5.32 Å². The molecule has 1 aromatic carbocycles. The number of rotatable bonds is 3. The average molecular weight is 354 g/mol. The second-order valence-electron chi connectivity index (χ2n) is 6.08. The molecule has 128 valence electrons. The Kier molecular flexibility index (Phi) is 4.23. The first kappa shape index (κ1) is 15.8. The molecule has 6 nitrogen and oxygen atoms in total. The first-order valence-electron chi connectivity index (χ1n) is 8.32. The van der Waals surface area contributed by atoms with E-state index >= 15 is 0 Å². The number of hydrogen-bond acceptors (Lipinski definition) is 4. The number of fused-ring (bicyclic) bond motifs is 1. The number of carbonyl (C=O) groups excluding carboxylic acids is 2. The fourth-order valence-electron chi connectivity index (χ4n) is 3.20. The predicted molar refractivity (Wildman–Crippen MR) is 97.7 cm³/mol. The fourth-order valence-corrected chi connectivity index (χ4v) is 3.88. The van der Waals surface area contributed by atoms with Crippen LogP contribution in [0.2, 0.25) is 0 Å².